The van der Waals surface area contributed by atoms with Gasteiger partial charge in [0, 0.05) is 13.0 Å². The van der Waals surface area contributed by atoms with Gasteiger partial charge in [-0.05, 0) is 37.0 Å². The van der Waals surface area contributed by atoms with Crippen LogP contribution in [0.1, 0.15) is 24.8 Å². The average molecular weight is 326 g/mol. The first kappa shape index (κ1) is 18.2. The van der Waals surface area contributed by atoms with Crippen LogP contribution in [0.5, 0.6) is 5.75 Å². The summed E-state index contributed by atoms with van der Waals surface area (Å²) in [6, 6.07) is 7.20. The van der Waals surface area contributed by atoms with Crippen LogP contribution in [0.4, 0.5) is 0 Å². The highest BCUT2D eigenvalue weighted by Crippen LogP contribution is 2.16. The number of methoxy groups -OCH3 is 1. The maximum atomic E-state index is 10.1. The molecule has 1 saturated heterocycles. The maximum Gasteiger partial charge on any atom is 0.157 e. The Morgan fingerprint density at radius 2 is 1.87 bits per heavy atom. The highest BCUT2D eigenvalue weighted by Gasteiger charge is 2.26. The number of aliphatic hydroxyl groups is 3. The number of rotatable bonds is 8. The summed E-state index contributed by atoms with van der Waals surface area (Å²) in [5, 5.41) is 30.1. The summed E-state index contributed by atoms with van der Waals surface area (Å²) in [6.45, 7) is 0.592. The molecule has 1 heterocycles. The molecule has 1 aromatic rings. The lowest BCUT2D eigenvalue weighted by Crippen LogP contribution is -2.42. The monoisotopic (exact) mass is 326 g/mol. The van der Waals surface area contributed by atoms with Gasteiger partial charge >= 0.3 is 0 Å². The van der Waals surface area contributed by atoms with Crippen LogP contribution < -0.4 is 4.74 Å². The van der Waals surface area contributed by atoms with E-state index in [0.29, 0.717) is 6.61 Å². The van der Waals surface area contributed by atoms with E-state index < -0.39 is 18.3 Å². The first-order valence-electron chi connectivity index (χ1n) is 8.00. The molecule has 1 aromatic carbocycles. The Morgan fingerprint density at radius 1 is 1.13 bits per heavy atom. The third kappa shape index (κ3) is 5.75. The van der Waals surface area contributed by atoms with Crippen molar-refractivity contribution in [3.8, 4) is 5.75 Å². The largest absolute Gasteiger partial charge is 0.497 e. The third-order valence-corrected chi connectivity index (χ3v) is 3.98. The topological polar surface area (TPSA) is 88.4 Å². The number of aliphatic hydroxyl groups excluding tert-OH is 3. The smallest absolute Gasteiger partial charge is 0.157 e. The lowest BCUT2D eigenvalue weighted by atomic mass is 10.0. The second-order valence-electron chi connectivity index (χ2n) is 5.81. The zero-order valence-corrected chi connectivity index (χ0v) is 13.4. The van der Waals surface area contributed by atoms with Crippen molar-refractivity contribution in [3.63, 3.8) is 0 Å². The van der Waals surface area contributed by atoms with Gasteiger partial charge in [0.1, 0.15) is 18.0 Å². The third-order valence-electron chi connectivity index (χ3n) is 3.98. The lowest BCUT2D eigenvalue weighted by Gasteiger charge is -2.27. The van der Waals surface area contributed by atoms with Crippen molar-refractivity contribution in [3.05, 3.63) is 29.8 Å². The predicted molar refractivity (Wildman–Crippen MR) is 84.3 cm³/mol. The van der Waals surface area contributed by atoms with E-state index in [1.165, 1.54) is 0 Å². The first-order chi connectivity index (χ1) is 11.1. The van der Waals surface area contributed by atoms with E-state index in [1.807, 2.05) is 12.1 Å². The minimum Gasteiger partial charge on any atom is -0.497 e. The Balaban J connectivity index is 1.76. The molecule has 0 aromatic heterocycles. The van der Waals surface area contributed by atoms with Gasteiger partial charge in [0.05, 0.1) is 19.8 Å². The van der Waals surface area contributed by atoms with E-state index in [1.54, 1.807) is 19.2 Å². The van der Waals surface area contributed by atoms with E-state index in [9.17, 15) is 15.3 Å². The van der Waals surface area contributed by atoms with E-state index >= 15 is 0 Å². The van der Waals surface area contributed by atoms with Crippen LogP contribution in [0.15, 0.2) is 24.3 Å². The van der Waals surface area contributed by atoms with E-state index in [4.69, 9.17) is 14.2 Å². The molecule has 130 valence electrons. The van der Waals surface area contributed by atoms with Crippen LogP contribution in [0.3, 0.4) is 0 Å². The van der Waals surface area contributed by atoms with Crippen molar-refractivity contribution in [1.82, 2.24) is 0 Å². The minimum atomic E-state index is -1.28. The molecule has 0 radical (unpaired) electrons. The molecule has 1 aliphatic heterocycles. The Bertz CT molecular complexity index is 443. The van der Waals surface area contributed by atoms with E-state index in [2.05, 4.69) is 0 Å². The SMILES string of the molecule is COc1ccc(CC(O)C(O)C(O)COC2CCCCO2)cc1. The van der Waals surface area contributed by atoms with Gasteiger partial charge in [-0.15, -0.1) is 0 Å². The van der Waals surface area contributed by atoms with Gasteiger partial charge < -0.3 is 29.5 Å². The van der Waals surface area contributed by atoms with Gasteiger partial charge in [-0.1, -0.05) is 12.1 Å². The fraction of sp³-hybridized carbons (Fsp3) is 0.647. The second kappa shape index (κ2) is 9.20. The van der Waals surface area contributed by atoms with Crippen molar-refractivity contribution in [2.45, 2.75) is 50.3 Å². The van der Waals surface area contributed by atoms with Crippen LogP contribution in [-0.2, 0) is 15.9 Å². The maximum absolute atomic E-state index is 10.1. The summed E-state index contributed by atoms with van der Waals surface area (Å²) in [7, 11) is 1.58. The molecule has 0 bridgehead atoms. The minimum absolute atomic E-state index is 0.0640. The zero-order valence-electron chi connectivity index (χ0n) is 13.4. The molecule has 6 nitrogen and oxygen atoms in total. The molecular formula is C17H26O6. The quantitative estimate of drug-likeness (QED) is 0.657. The van der Waals surface area contributed by atoms with E-state index in [0.717, 1.165) is 30.6 Å². The highest BCUT2D eigenvalue weighted by molar-refractivity contribution is 5.27. The number of hydrogen-bond donors (Lipinski definition) is 3. The average Bonchev–Trinajstić information content (AvgIpc) is 2.60. The molecule has 1 fully saturated rings. The number of hydrogen-bond acceptors (Lipinski definition) is 6. The van der Waals surface area contributed by atoms with Crippen molar-refractivity contribution in [2.75, 3.05) is 20.3 Å². The number of ether oxygens (including phenoxy) is 3. The van der Waals surface area contributed by atoms with Gasteiger partial charge in [-0.3, -0.25) is 0 Å². The molecular weight excluding hydrogens is 300 g/mol. The summed E-state index contributed by atoms with van der Waals surface area (Å²) < 4.78 is 15.9. The molecule has 0 amide bonds. The van der Waals surface area contributed by atoms with Crippen LogP contribution in [0.25, 0.3) is 0 Å². The van der Waals surface area contributed by atoms with Crippen molar-refractivity contribution in [2.24, 2.45) is 0 Å². The lowest BCUT2D eigenvalue weighted by molar-refractivity contribution is -0.188. The molecule has 23 heavy (non-hydrogen) atoms. The highest BCUT2D eigenvalue weighted by atomic mass is 16.7. The molecule has 0 aliphatic carbocycles. The van der Waals surface area contributed by atoms with Crippen LogP contribution in [0, 0.1) is 0 Å². The summed E-state index contributed by atoms with van der Waals surface area (Å²) in [5.41, 5.74) is 0.848. The first-order valence-corrected chi connectivity index (χ1v) is 8.00. The Labute approximate surface area is 136 Å². The normalized spacial score (nSPS) is 22.3. The Morgan fingerprint density at radius 3 is 2.48 bits per heavy atom. The summed E-state index contributed by atoms with van der Waals surface area (Å²) >= 11 is 0. The fourth-order valence-corrected chi connectivity index (χ4v) is 2.53. The molecule has 1 aliphatic rings. The Hall–Kier alpha value is -1.18. The molecule has 4 atom stereocenters. The zero-order chi connectivity index (χ0) is 16.7. The second-order valence-corrected chi connectivity index (χ2v) is 5.81. The van der Waals surface area contributed by atoms with Gasteiger partial charge in [0.2, 0.25) is 0 Å². The molecule has 2 rings (SSSR count). The van der Waals surface area contributed by atoms with Crippen molar-refractivity contribution >= 4 is 0 Å². The van der Waals surface area contributed by atoms with Gasteiger partial charge in [-0.2, -0.15) is 0 Å². The molecule has 3 N–H and O–H groups in total. The fourth-order valence-electron chi connectivity index (χ4n) is 2.53. The van der Waals surface area contributed by atoms with Gasteiger partial charge in [0.15, 0.2) is 6.29 Å². The van der Waals surface area contributed by atoms with Crippen LogP contribution in [0.2, 0.25) is 0 Å². The van der Waals surface area contributed by atoms with Crippen molar-refractivity contribution < 1.29 is 29.5 Å². The predicted octanol–water partition coefficient (Wildman–Crippen LogP) is 0.864. The van der Waals surface area contributed by atoms with Crippen LogP contribution >= 0.6 is 0 Å². The van der Waals surface area contributed by atoms with Crippen LogP contribution in [-0.4, -0.2) is 60.2 Å². The van der Waals surface area contributed by atoms with E-state index in [-0.39, 0.29) is 19.3 Å². The molecule has 6 heteroatoms. The summed E-state index contributed by atoms with van der Waals surface area (Å²) in [6.07, 6.45) is -0.762. The van der Waals surface area contributed by atoms with Gasteiger partial charge in [0.25, 0.3) is 0 Å². The Kier molecular flexibility index (Phi) is 7.26. The summed E-state index contributed by atoms with van der Waals surface area (Å²) in [4.78, 5) is 0. The van der Waals surface area contributed by atoms with Crippen molar-refractivity contribution in [1.29, 1.82) is 0 Å². The number of benzene rings is 1. The standard InChI is InChI=1S/C17H26O6/c1-21-13-7-5-12(6-8-13)10-14(18)17(20)15(19)11-23-16-4-2-3-9-22-16/h5-8,14-20H,2-4,9-11H2,1H3. The summed E-state index contributed by atoms with van der Waals surface area (Å²) in [5.74, 6) is 0.727. The molecule has 4 unspecified atom stereocenters. The van der Waals surface area contributed by atoms with Gasteiger partial charge in [-0.25, -0.2) is 0 Å². The molecule has 0 spiro atoms. The molecule has 0 saturated carbocycles.